The summed E-state index contributed by atoms with van der Waals surface area (Å²) in [6.45, 7) is -0.356. The van der Waals surface area contributed by atoms with Crippen LogP contribution in [-0.4, -0.2) is 30.5 Å². The van der Waals surface area contributed by atoms with E-state index in [9.17, 15) is 8.42 Å². The standard InChI is InChI=1S/C11H13NO3S/c1-12-8-11(16(14,15)7-6-13)9-4-2-3-5-10(9)12/h2-5,8,13H,6-7H2,1H3. The molecule has 0 aliphatic rings. The number of para-hydroxylation sites is 1. The Labute approximate surface area is 94.0 Å². The van der Waals surface area contributed by atoms with Gasteiger partial charge in [0.2, 0.25) is 0 Å². The second-order valence-electron chi connectivity index (χ2n) is 3.66. The maximum atomic E-state index is 11.9. The minimum atomic E-state index is -3.39. The summed E-state index contributed by atoms with van der Waals surface area (Å²) in [5, 5.41) is 9.46. The summed E-state index contributed by atoms with van der Waals surface area (Å²) < 4.78 is 25.5. The number of hydrogen-bond donors (Lipinski definition) is 1. The molecule has 0 saturated carbocycles. The van der Waals surface area contributed by atoms with Crippen LogP contribution in [0.25, 0.3) is 10.9 Å². The molecule has 0 spiro atoms. The van der Waals surface area contributed by atoms with Gasteiger partial charge in [-0.3, -0.25) is 0 Å². The number of rotatable bonds is 3. The van der Waals surface area contributed by atoms with Crippen LogP contribution in [0.3, 0.4) is 0 Å². The van der Waals surface area contributed by atoms with Gasteiger partial charge in [0.05, 0.1) is 17.3 Å². The Morgan fingerprint density at radius 1 is 1.31 bits per heavy atom. The fraction of sp³-hybridized carbons (Fsp3) is 0.273. The van der Waals surface area contributed by atoms with E-state index in [1.807, 2.05) is 12.1 Å². The summed E-state index contributed by atoms with van der Waals surface area (Å²) in [5.41, 5.74) is 0.874. The van der Waals surface area contributed by atoms with Crippen molar-refractivity contribution in [2.75, 3.05) is 12.4 Å². The summed E-state index contributed by atoms with van der Waals surface area (Å²) in [7, 11) is -1.58. The predicted octanol–water partition coefficient (Wildman–Crippen LogP) is 0.944. The Morgan fingerprint density at radius 3 is 2.69 bits per heavy atom. The topological polar surface area (TPSA) is 59.3 Å². The average molecular weight is 239 g/mol. The highest BCUT2D eigenvalue weighted by atomic mass is 32.2. The number of sulfone groups is 1. The molecular weight excluding hydrogens is 226 g/mol. The Morgan fingerprint density at radius 2 is 2.00 bits per heavy atom. The van der Waals surface area contributed by atoms with Crippen molar-refractivity contribution in [2.45, 2.75) is 4.90 Å². The predicted molar refractivity (Wildman–Crippen MR) is 62.1 cm³/mol. The Kier molecular flexibility index (Phi) is 2.73. The minimum Gasteiger partial charge on any atom is -0.395 e. The van der Waals surface area contributed by atoms with E-state index in [-0.39, 0.29) is 12.4 Å². The molecule has 1 aromatic carbocycles. The summed E-state index contributed by atoms with van der Waals surface area (Å²) in [6.07, 6.45) is 1.59. The van der Waals surface area contributed by atoms with Crippen molar-refractivity contribution >= 4 is 20.7 Å². The van der Waals surface area contributed by atoms with E-state index >= 15 is 0 Å². The lowest BCUT2D eigenvalue weighted by Crippen LogP contribution is -2.09. The molecule has 1 N–H and O–H groups in total. The van der Waals surface area contributed by atoms with Crippen LogP contribution in [-0.2, 0) is 16.9 Å². The second-order valence-corrected chi connectivity index (χ2v) is 5.74. The van der Waals surface area contributed by atoms with Gasteiger partial charge in [-0.25, -0.2) is 8.42 Å². The van der Waals surface area contributed by atoms with Crippen molar-refractivity contribution in [2.24, 2.45) is 7.05 Å². The molecular formula is C11H13NO3S. The number of benzene rings is 1. The van der Waals surface area contributed by atoms with Gasteiger partial charge < -0.3 is 9.67 Å². The molecule has 5 heteroatoms. The van der Waals surface area contributed by atoms with Crippen molar-refractivity contribution in [1.82, 2.24) is 4.57 Å². The van der Waals surface area contributed by atoms with E-state index in [0.29, 0.717) is 10.3 Å². The molecule has 86 valence electrons. The molecule has 0 unspecified atom stereocenters. The highest BCUT2D eigenvalue weighted by molar-refractivity contribution is 7.91. The van der Waals surface area contributed by atoms with Gasteiger partial charge in [0.25, 0.3) is 0 Å². The highest BCUT2D eigenvalue weighted by Crippen LogP contribution is 2.25. The van der Waals surface area contributed by atoms with Crippen LogP contribution >= 0.6 is 0 Å². The fourth-order valence-electron chi connectivity index (χ4n) is 1.78. The molecule has 0 aliphatic heterocycles. The van der Waals surface area contributed by atoms with Crippen LogP contribution in [0, 0.1) is 0 Å². The number of hydrogen-bond acceptors (Lipinski definition) is 3. The third kappa shape index (κ3) is 1.72. The monoisotopic (exact) mass is 239 g/mol. The summed E-state index contributed by atoms with van der Waals surface area (Å²) in [6, 6.07) is 7.32. The number of nitrogens with zero attached hydrogens (tertiary/aromatic N) is 1. The number of aliphatic hydroxyl groups is 1. The van der Waals surface area contributed by atoms with E-state index in [4.69, 9.17) is 5.11 Å². The molecule has 0 amide bonds. The molecule has 0 atom stereocenters. The molecule has 1 aromatic heterocycles. The Hall–Kier alpha value is -1.33. The molecule has 0 saturated heterocycles. The minimum absolute atomic E-state index is 0.235. The molecule has 0 fully saturated rings. The Balaban J connectivity index is 2.71. The first-order valence-electron chi connectivity index (χ1n) is 4.94. The fourth-order valence-corrected chi connectivity index (χ4v) is 3.07. The molecule has 16 heavy (non-hydrogen) atoms. The van der Waals surface area contributed by atoms with Crippen LogP contribution in [0.2, 0.25) is 0 Å². The van der Waals surface area contributed by atoms with E-state index in [1.165, 1.54) is 0 Å². The van der Waals surface area contributed by atoms with Gasteiger partial charge in [0.1, 0.15) is 0 Å². The zero-order valence-corrected chi connectivity index (χ0v) is 9.74. The number of aromatic nitrogens is 1. The molecule has 4 nitrogen and oxygen atoms in total. The van der Waals surface area contributed by atoms with Gasteiger partial charge >= 0.3 is 0 Å². The number of aliphatic hydroxyl groups excluding tert-OH is 1. The largest absolute Gasteiger partial charge is 0.395 e. The van der Waals surface area contributed by atoms with Crippen LogP contribution in [0.4, 0.5) is 0 Å². The first-order valence-corrected chi connectivity index (χ1v) is 6.59. The third-order valence-corrected chi connectivity index (χ3v) is 4.27. The zero-order chi connectivity index (χ0) is 11.8. The van der Waals surface area contributed by atoms with Crippen LogP contribution in [0.1, 0.15) is 0 Å². The first kappa shape index (κ1) is 11.2. The molecule has 1 heterocycles. The number of fused-ring (bicyclic) bond motifs is 1. The van der Waals surface area contributed by atoms with Gasteiger partial charge in [-0.05, 0) is 6.07 Å². The summed E-state index contributed by atoms with van der Waals surface area (Å²) in [4.78, 5) is 0.291. The lowest BCUT2D eigenvalue weighted by atomic mass is 10.2. The van der Waals surface area contributed by atoms with Gasteiger partial charge in [-0.15, -0.1) is 0 Å². The quantitative estimate of drug-likeness (QED) is 0.867. The SMILES string of the molecule is Cn1cc(S(=O)(=O)CCO)c2ccccc21. The summed E-state index contributed by atoms with van der Waals surface area (Å²) in [5.74, 6) is -0.235. The molecule has 2 aromatic rings. The highest BCUT2D eigenvalue weighted by Gasteiger charge is 2.19. The zero-order valence-electron chi connectivity index (χ0n) is 8.92. The van der Waals surface area contributed by atoms with E-state index in [1.54, 1.807) is 29.9 Å². The van der Waals surface area contributed by atoms with E-state index in [2.05, 4.69) is 0 Å². The van der Waals surface area contributed by atoms with E-state index in [0.717, 1.165) is 5.52 Å². The molecule has 0 bridgehead atoms. The second kappa shape index (κ2) is 3.92. The number of aryl methyl sites for hydroxylation is 1. The average Bonchev–Trinajstić information content (AvgIpc) is 2.58. The van der Waals surface area contributed by atoms with Crippen molar-refractivity contribution in [3.05, 3.63) is 30.5 Å². The lowest BCUT2D eigenvalue weighted by Gasteiger charge is -1.99. The van der Waals surface area contributed by atoms with Gasteiger partial charge in [-0.2, -0.15) is 0 Å². The maximum absolute atomic E-state index is 11.9. The lowest BCUT2D eigenvalue weighted by molar-refractivity contribution is 0.319. The van der Waals surface area contributed by atoms with Gasteiger partial charge in [0.15, 0.2) is 9.84 Å². The first-order chi connectivity index (χ1) is 7.56. The Bertz CT molecular complexity index is 613. The van der Waals surface area contributed by atoms with Gasteiger partial charge in [-0.1, -0.05) is 18.2 Å². The molecule has 0 aliphatic carbocycles. The molecule has 2 rings (SSSR count). The van der Waals surface area contributed by atoms with Crippen molar-refractivity contribution in [1.29, 1.82) is 0 Å². The van der Waals surface area contributed by atoms with Crippen LogP contribution in [0.5, 0.6) is 0 Å². The van der Waals surface area contributed by atoms with Crippen molar-refractivity contribution in [3.63, 3.8) is 0 Å². The van der Waals surface area contributed by atoms with Crippen LogP contribution in [0.15, 0.2) is 35.4 Å². The van der Waals surface area contributed by atoms with Crippen molar-refractivity contribution in [3.8, 4) is 0 Å². The summed E-state index contributed by atoms with van der Waals surface area (Å²) >= 11 is 0. The smallest absolute Gasteiger partial charge is 0.182 e. The normalized spacial score (nSPS) is 12.1. The maximum Gasteiger partial charge on any atom is 0.182 e. The van der Waals surface area contributed by atoms with Crippen LogP contribution < -0.4 is 0 Å². The van der Waals surface area contributed by atoms with Gasteiger partial charge in [0, 0.05) is 24.1 Å². The molecule has 0 radical (unpaired) electrons. The van der Waals surface area contributed by atoms with Crippen molar-refractivity contribution < 1.29 is 13.5 Å². The van der Waals surface area contributed by atoms with E-state index < -0.39 is 9.84 Å². The third-order valence-electron chi connectivity index (χ3n) is 2.56.